The molecule has 0 saturated carbocycles. The highest BCUT2D eigenvalue weighted by Gasteiger charge is 2.15. The smallest absolute Gasteiger partial charge is 0.318 e. The number of carbonyl (C=O) groups is 1. The van der Waals surface area contributed by atoms with Crippen molar-refractivity contribution in [3.63, 3.8) is 0 Å². The van der Waals surface area contributed by atoms with Gasteiger partial charge in [0.05, 0.1) is 7.11 Å². The minimum absolute atomic E-state index is 0.261. The molecule has 0 aliphatic rings. The van der Waals surface area contributed by atoms with Gasteiger partial charge in [-0.3, -0.25) is 9.89 Å². The zero-order valence-corrected chi connectivity index (χ0v) is 7.59. The third-order valence-electron chi connectivity index (χ3n) is 1.21. The van der Waals surface area contributed by atoms with Crippen LogP contribution in [-0.2, 0) is 9.53 Å². The molecule has 5 nitrogen and oxygen atoms in total. The molecular formula is C6H9N3O2S. The van der Waals surface area contributed by atoms with Crippen molar-refractivity contribution in [2.45, 2.75) is 17.3 Å². The fourth-order valence-electron chi connectivity index (χ4n) is 0.633. The van der Waals surface area contributed by atoms with E-state index in [2.05, 4.69) is 19.9 Å². The Labute approximate surface area is 73.9 Å². The Morgan fingerprint density at radius 3 is 3.08 bits per heavy atom. The van der Waals surface area contributed by atoms with Crippen molar-refractivity contribution in [3.05, 3.63) is 6.33 Å². The van der Waals surface area contributed by atoms with Gasteiger partial charge in [-0.05, 0) is 6.92 Å². The first-order chi connectivity index (χ1) is 5.74. The highest BCUT2D eigenvalue weighted by atomic mass is 32.2. The first-order valence-corrected chi connectivity index (χ1v) is 4.22. The third kappa shape index (κ3) is 2.23. The van der Waals surface area contributed by atoms with Crippen LogP contribution in [0.2, 0.25) is 0 Å². The molecule has 0 fully saturated rings. The van der Waals surface area contributed by atoms with E-state index < -0.39 is 0 Å². The summed E-state index contributed by atoms with van der Waals surface area (Å²) in [5, 5.41) is 6.65. The van der Waals surface area contributed by atoms with E-state index in [0.29, 0.717) is 5.16 Å². The number of H-pyrrole nitrogens is 1. The van der Waals surface area contributed by atoms with E-state index >= 15 is 0 Å². The second-order valence-electron chi connectivity index (χ2n) is 2.07. The molecule has 1 heterocycles. The highest BCUT2D eigenvalue weighted by Crippen LogP contribution is 2.18. The van der Waals surface area contributed by atoms with Gasteiger partial charge in [0, 0.05) is 0 Å². The van der Waals surface area contributed by atoms with E-state index in [4.69, 9.17) is 0 Å². The van der Waals surface area contributed by atoms with E-state index in [9.17, 15) is 4.79 Å². The molecule has 0 bridgehead atoms. The van der Waals surface area contributed by atoms with Gasteiger partial charge in [0.15, 0.2) is 5.16 Å². The summed E-state index contributed by atoms with van der Waals surface area (Å²) in [5.74, 6) is -0.267. The van der Waals surface area contributed by atoms with Crippen LogP contribution in [0.4, 0.5) is 0 Å². The molecular weight excluding hydrogens is 178 g/mol. The van der Waals surface area contributed by atoms with Crippen LogP contribution in [-0.4, -0.2) is 33.5 Å². The predicted molar refractivity (Wildman–Crippen MR) is 43.7 cm³/mol. The third-order valence-corrected chi connectivity index (χ3v) is 2.18. The summed E-state index contributed by atoms with van der Waals surface area (Å²) in [6, 6.07) is 0. The molecule has 1 N–H and O–H groups in total. The van der Waals surface area contributed by atoms with Crippen molar-refractivity contribution in [1.29, 1.82) is 0 Å². The molecule has 1 unspecified atom stereocenters. The molecule has 0 radical (unpaired) electrons. The zero-order chi connectivity index (χ0) is 8.97. The van der Waals surface area contributed by atoms with Crippen LogP contribution in [0, 0.1) is 0 Å². The number of hydrogen-bond donors (Lipinski definition) is 1. The molecule has 0 saturated heterocycles. The molecule has 0 aliphatic heterocycles. The number of aromatic nitrogens is 3. The van der Waals surface area contributed by atoms with Crippen molar-refractivity contribution in [2.75, 3.05) is 7.11 Å². The first-order valence-electron chi connectivity index (χ1n) is 3.34. The SMILES string of the molecule is COC(=O)C(C)Sc1ncn[nH]1. The predicted octanol–water partition coefficient (Wildman–Crippen LogP) is 0.458. The van der Waals surface area contributed by atoms with Gasteiger partial charge in [0.25, 0.3) is 0 Å². The summed E-state index contributed by atoms with van der Waals surface area (Å²) >= 11 is 1.28. The van der Waals surface area contributed by atoms with Crippen molar-refractivity contribution >= 4 is 17.7 Å². The Hall–Kier alpha value is -1.04. The van der Waals surface area contributed by atoms with Gasteiger partial charge in [0.2, 0.25) is 0 Å². The van der Waals surface area contributed by atoms with Gasteiger partial charge in [-0.1, -0.05) is 11.8 Å². The van der Waals surface area contributed by atoms with Crippen LogP contribution in [0.5, 0.6) is 0 Å². The topological polar surface area (TPSA) is 67.9 Å². The number of nitrogens with one attached hydrogen (secondary N) is 1. The lowest BCUT2D eigenvalue weighted by atomic mass is 10.5. The molecule has 1 atom stereocenters. The molecule has 0 aromatic carbocycles. The van der Waals surface area contributed by atoms with Crippen LogP contribution in [0.3, 0.4) is 0 Å². The molecule has 66 valence electrons. The lowest BCUT2D eigenvalue weighted by Crippen LogP contribution is -2.14. The Morgan fingerprint density at radius 1 is 1.83 bits per heavy atom. The summed E-state index contributed by atoms with van der Waals surface area (Å²) in [6.07, 6.45) is 1.40. The average molecular weight is 187 g/mol. The Kier molecular flexibility index (Phi) is 3.09. The van der Waals surface area contributed by atoms with Crippen LogP contribution < -0.4 is 0 Å². The minimum Gasteiger partial charge on any atom is -0.468 e. The van der Waals surface area contributed by atoms with E-state index in [-0.39, 0.29) is 11.2 Å². The standard InChI is InChI=1S/C6H9N3O2S/c1-4(5(10)11-2)12-6-7-3-8-9-6/h3-4H,1-2H3,(H,7,8,9). The van der Waals surface area contributed by atoms with Gasteiger partial charge in [-0.15, -0.1) is 0 Å². The van der Waals surface area contributed by atoms with Crippen molar-refractivity contribution in [3.8, 4) is 0 Å². The molecule has 0 amide bonds. The lowest BCUT2D eigenvalue weighted by Gasteiger charge is -2.04. The van der Waals surface area contributed by atoms with E-state index in [1.165, 1.54) is 25.2 Å². The lowest BCUT2D eigenvalue weighted by molar-refractivity contribution is -0.139. The number of nitrogens with zero attached hydrogens (tertiary/aromatic N) is 2. The number of thioether (sulfide) groups is 1. The minimum atomic E-state index is -0.267. The largest absolute Gasteiger partial charge is 0.468 e. The number of ether oxygens (including phenoxy) is 1. The highest BCUT2D eigenvalue weighted by molar-refractivity contribution is 8.00. The molecule has 6 heteroatoms. The summed E-state index contributed by atoms with van der Waals surface area (Å²) in [5.41, 5.74) is 0. The van der Waals surface area contributed by atoms with E-state index in [1.807, 2.05) is 0 Å². The van der Waals surface area contributed by atoms with Crippen LogP contribution in [0.15, 0.2) is 11.5 Å². The molecule has 1 aromatic rings. The van der Waals surface area contributed by atoms with Crippen molar-refractivity contribution < 1.29 is 9.53 Å². The first kappa shape index (κ1) is 9.05. The van der Waals surface area contributed by atoms with Gasteiger partial charge >= 0.3 is 5.97 Å². The molecule has 0 aliphatic carbocycles. The quantitative estimate of drug-likeness (QED) is 0.550. The maximum atomic E-state index is 10.9. The van der Waals surface area contributed by atoms with Crippen LogP contribution in [0.25, 0.3) is 0 Å². The summed E-state index contributed by atoms with van der Waals surface area (Å²) in [7, 11) is 1.36. The van der Waals surface area contributed by atoms with E-state index in [1.54, 1.807) is 6.92 Å². The number of hydrogen-bond acceptors (Lipinski definition) is 5. The van der Waals surface area contributed by atoms with Gasteiger partial charge in [-0.25, -0.2) is 4.98 Å². The van der Waals surface area contributed by atoms with Gasteiger partial charge in [-0.2, -0.15) is 5.10 Å². The maximum absolute atomic E-state index is 10.9. The Morgan fingerprint density at radius 2 is 2.58 bits per heavy atom. The number of carbonyl (C=O) groups excluding carboxylic acids is 1. The number of aromatic amines is 1. The van der Waals surface area contributed by atoms with Crippen LogP contribution >= 0.6 is 11.8 Å². The molecule has 1 aromatic heterocycles. The molecule has 0 spiro atoms. The van der Waals surface area contributed by atoms with Crippen molar-refractivity contribution in [2.24, 2.45) is 0 Å². The fraction of sp³-hybridized carbons (Fsp3) is 0.500. The molecule has 1 rings (SSSR count). The van der Waals surface area contributed by atoms with Crippen molar-refractivity contribution in [1.82, 2.24) is 15.2 Å². The Balaban J connectivity index is 2.47. The van der Waals surface area contributed by atoms with Gasteiger partial charge in [0.1, 0.15) is 11.6 Å². The maximum Gasteiger partial charge on any atom is 0.318 e. The zero-order valence-electron chi connectivity index (χ0n) is 6.77. The summed E-state index contributed by atoms with van der Waals surface area (Å²) < 4.78 is 4.54. The summed E-state index contributed by atoms with van der Waals surface area (Å²) in [4.78, 5) is 14.8. The monoisotopic (exact) mass is 187 g/mol. The number of rotatable bonds is 3. The van der Waals surface area contributed by atoms with E-state index in [0.717, 1.165) is 0 Å². The van der Waals surface area contributed by atoms with Crippen LogP contribution in [0.1, 0.15) is 6.92 Å². The van der Waals surface area contributed by atoms with Gasteiger partial charge < -0.3 is 4.74 Å². The number of esters is 1. The Bertz CT molecular complexity index is 249. The number of methoxy groups -OCH3 is 1. The average Bonchev–Trinajstić information content (AvgIpc) is 2.55. The normalized spacial score (nSPS) is 12.5. The summed E-state index contributed by atoms with van der Waals surface area (Å²) in [6.45, 7) is 1.75. The second-order valence-corrected chi connectivity index (χ2v) is 3.40. The molecule has 12 heavy (non-hydrogen) atoms. The fourth-order valence-corrected chi connectivity index (χ4v) is 1.37. The second kappa shape index (κ2) is 4.10.